The molecule has 21 heavy (non-hydrogen) atoms. The summed E-state index contributed by atoms with van der Waals surface area (Å²) in [7, 11) is 0. The van der Waals surface area contributed by atoms with Crippen molar-refractivity contribution in [1.82, 2.24) is 10.2 Å². The van der Waals surface area contributed by atoms with Gasteiger partial charge in [0.05, 0.1) is 24.2 Å². The Balaban J connectivity index is 1.75. The highest BCUT2D eigenvalue weighted by atomic mass is 16.5. The molecule has 5 heteroatoms. The van der Waals surface area contributed by atoms with Crippen molar-refractivity contribution in [2.24, 2.45) is 0 Å². The lowest BCUT2D eigenvalue weighted by Gasteiger charge is -2.18. The minimum absolute atomic E-state index is 0.194. The summed E-state index contributed by atoms with van der Waals surface area (Å²) in [6.45, 7) is 1.45. The van der Waals surface area contributed by atoms with E-state index in [0.29, 0.717) is 24.0 Å². The number of benzene rings is 1. The maximum absolute atomic E-state index is 9.04. The minimum atomic E-state index is 0.194. The number of hydrogen-bond acceptors (Lipinski definition) is 5. The van der Waals surface area contributed by atoms with Crippen molar-refractivity contribution in [3.63, 3.8) is 0 Å². The van der Waals surface area contributed by atoms with E-state index < -0.39 is 0 Å². The molecule has 1 atom stereocenters. The summed E-state index contributed by atoms with van der Waals surface area (Å²) in [5.74, 6) is 1.27. The van der Waals surface area contributed by atoms with Gasteiger partial charge in [-0.15, -0.1) is 10.2 Å². The highest BCUT2D eigenvalue weighted by Gasteiger charge is 2.21. The summed E-state index contributed by atoms with van der Waals surface area (Å²) < 4.78 is 11.1. The van der Waals surface area contributed by atoms with Crippen molar-refractivity contribution in [2.45, 2.75) is 18.8 Å². The molecule has 0 radical (unpaired) electrons. The highest BCUT2D eigenvalue weighted by Crippen LogP contribution is 2.24. The average molecular weight is 281 g/mol. The molecule has 0 bridgehead atoms. The zero-order valence-corrected chi connectivity index (χ0v) is 11.5. The van der Waals surface area contributed by atoms with Crippen LogP contribution >= 0.6 is 0 Å². The van der Waals surface area contributed by atoms with Crippen LogP contribution in [0.4, 0.5) is 0 Å². The summed E-state index contributed by atoms with van der Waals surface area (Å²) in [4.78, 5) is 0. The SMILES string of the molecule is N#Cc1ccccc1/C=C/c1nnc(C2CCCOC2)o1. The van der Waals surface area contributed by atoms with Gasteiger partial charge in [0, 0.05) is 12.7 Å². The molecule has 0 amide bonds. The predicted molar refractivity (Wildman–Crippen MR) is 77.2 cm³/mol. The van der Waals surface area contributed by atoms with E-state index in [1.165, 1.54) is 0 Å². The van der Waals surface area contributed by atoms with Crippen LogP contribution in [0.3, 0.4) is 0 Å². The molecule has 1 aliphatic rings. The van der Waals surface area contributed by atoms with Gasteiger partial charge in [-0.05, 0) is 30.5 Å². The molecule has 1 aromatic heterocycles. The average Bonchev–Trinajstić information content (AvgIpc) is 3.03. The van der Waals surface area contributed by atoms with E-state index in [0.717, 1.165) is 25.0 Å². The van der Waals surface area contributed by atoms with Gasteiger partial charge in [0.25, 0.3) is 0 Å². The summed E-state index contributed by atoms with van der Waals surface area (Å²) in [6, 6.07) is 9.53. The number of nitriles is 1. The van der Waals surface area contributed by atoms with E-state index in [1.54, 1.807) is 12.1 Å². The lowest BCUT2D eigenvalue weighted by Crippen LogP contribution is -2.15. The Morgan fingerprint density at radius 1 is 1.24 bits per heavy atom. The standard InChI is InChI=1S/C16H15N3O2/c17-10-13-5-2-1-4-12(13)7-8-15-18-19-16(21-15)14-6-3-9-20-11-14/h1-2,4-5,7-8,14H,3,6,9,11H2/b8-7+. The zero-order valence-electron chi connectivity index (χ0n) is 11.5. The molecule has 2 aromatic rings. The van der Waals surface area contributed by atoms with Gasteiger partial charge in [0.15, 0.2) is 0 Å². The van der Waals surface area contributed by atoms with Crippen LogP contribution in [0.1, 0.15) is 41.7 Å². The third kappa shape index (κ3) is 3.18. The number of nitrogens with zero attached hydrogens (tertiary/aromatic N) is 3. The van der Waals surface area contributed by atoms with E-state index in [9.17, 15) is 0 Å². The first kappa shape index (κ1) is 13.5. The van der Waals surface area contributed by atoms with Crippen LogP contribution < -0.4 is 0 Å². The largest absolute Gasteiger partial charge is 0.421 e. The Morgan fingerprint density at radius 3 is 2.95 bits per heavy atom. The maximum atomic E-state index is 9.04. The van der Waals surface area contributed by atoms with E-state index in [1.807, 2.05) is 24.3 Å². The quantitative estimate of drug-likeness (QED) is 0.864. The summed E-state index contributed by atoms with van der Waals surface area (Å²) in [6.07, 6.45) is 5.58. The van der Waals surface area contributed by atoms with Gasteiger partial charge in [0.1, 0.15) is 0 Å². The first-order valence-electron chi connectivity index (χ1n) is 6.95. The van der Waals surface area contributed by atoms with E-state index in [-0.39, 0.29) is 5.92 Å². The van der Waals surface area contributed by atoms with Gasteiger partial charge >= 0.3 is 0 Å². The second kappa shape index (κ2) is 6.33. The molecule has 0 N–H and O–H groups in total. The number of ether oxygens (including phenoxy) is 1. The fourth-order valence-corrected chi connectivity index (χ4v) is 2.32. The first-order chi connectivity index (χ1) is 10.4. The van der Waals surface area contributed by atoms with Crippen molar-refractivity contribution < 1.29 is 9.15 Å². The molecular weight excluding hydrogens is 266 g/mol. The van der Waals surface area contributed by atoms with Crippen molar-refractivity contribution in [3.05, 3.63) is 47.2 Å². The molecule has 0 aliphatic carbocycles. The van der Waals surface area contributed by atoms with Crippen molar-refractivity contribution in [1.29, 1.82) is 5.26 Å². The monoisotopic (exact) mass is 281 g/mol. The van der Waals surface area contributed by atoms with E-state index in [4.69, 9.17) is 14.4 Å². The molecule has 1 unspecified atom stereocenters. The second-order valence-corrected chi connectivity index (χ2v) is 4.92. The molecule has 3 rings (SSSR count). The lowest BCUT2D eigenvalue weighted by atomic mass is 10.0. The van der Waals surface area contributed by atoms with Crippen molar-refractivity contribution >= 4 is 12.2 Å². The molecule has 1 fully saturated rings. The fraction of sp³-hybridized carbons (Fsp3) is 0.312. The molecule has 1 saturated heterocycles. The third-order valence-corrected chi connectivity index (χ3v) is 3.45. The normalized spacial score (nSPS) is 18.7. The molecule has 106 valence electrons. The number of rotatable bonds is 3. The maximum Gasteiger partial charge on any atom is 0.240 e. The van der Waals surface area contributed by atoms with Gasteiger partial charge in [-0.25, -0.2) is 0 Å². The molecule has 0 spiro atoms. The van der Waals surface area contributed by atoms with Gasteiger partial charge in [-0.3, -0.25) is 0 Å². The second-order valence-electron chi connectivity index (χ2n) is 4.92. The fourth-order valence-electron chi connectivity index (χ4n) is 2.32. The van der Waals surface area contributed by atoms with Crippen LogP contribution in [0.5, 0.6) is 0 Å². The molecular formula is C16H15N3O2. The number of aromatic nitrogens is 2. The Labute approximate surface area is 122 Å². The van der Waals surface area contributed by atoms with Gasteiger partial charge in [-0.1, -0.05) is 18.2 Å². The third-order valence-electron chi connectivity index (χ3n) is 3.45. The summed E-state index contributed by atoms with van der Waals surface area (Å²) >= 11 is 0. The van der Waals surface area contributed by atoms with Gasteiger partial charge in [-0.2, -0.15) is 5.26 Å². The molecule has 1 aromatic carbocycles. The molecule has 0 saturated carbocycles. The summed E-state index contributed by atoms with van der Waals surface area (Å²) in [5, 5.41) is 17.1. The van der Waals surface area contributed by atoms with Crippen LogP contribution in [0.2, 0.25) is 0 Å². The lowest BCUT2D eigenvalue weighted by molar-refractivity contribution is 0.0724. The van der Waals surface area contributed by atoms with Crippen LogP contribution in [-0.4, -0.2) is 23.4 Å². The van der Waals surface area contributed by atoms with E-state index in [2.05, 4.69) is 16.3 Å². The smallest absolute Gasteiger partial charge is 0.240 e. The van der Waals surface area contributed by atoms with Crippen LogP contribution in [0.15, 0.2) is 28.7 Å². The van der Waals surface area contributed by atoms with E-state index >= 15 is 0 Å². The Morgan fingerprint density at radius 2 is 2.14 bits per heavy atom. The molecule has 2 heterocycles. The predicted octanol–water partition coefficient (Wildman–Crippen LogP) is 3.01. The molecule has 1 aliphatic heterocycles. The van der Waals surface area contributed by atoms with Gasteiger partial charge in [0.2, 0.25) is 11.8 Å². The summed E-state index contributed by atoms with van der Waals surface area (Å²) in [5.41, 5.74) is 1.45. The number of hydrogen-bond donors (Lipinski definition) is 0. The van der Waals surface area contributed by atoms with Crippen molar-refractivity contribution in [3.8, 4) is 6.07 Å². The Bertz CT molecular complexity index is 679. The van der Waals surface area contributed by atoms with Crippen LogP contribution in [0, 0.1) is 11.3 Å². The highest BCUT2D eigenvalue weighted by molar-refractivity contribution is 5.69. The van der Waals surface area contributed by atoms with Gasteiger partial charge < -0.3 is 9.15 Å². The molecule has 5 nitrogen and oxygen atoms in total. The first-order valence-corrected chi connectivity index (χ1v) is 6.95. The van der Waals surface area contributed by atoms with Crippen LogP contribution in [-0.2, 0) is 4.74 Å². The zero-order chi connectivity index (χ0) is 14.5. The topological polar surface area (TPSA) is 71.9 Å². The Hall–Kier alpha value is -2.45. The van der Waals surface area contributed by atoms with Crippen molar-refractivity contribution in [2.75, 3.05) is 13.2 Å². The van der Waals surface area contributed by atoms with Crippen LogP contribution in [0.25, 0.3) is 12.2 Å². The Kier molecular flexibility index (Phi) is 4.08. The minimum Gasteiger partial charge on any atom is -0.421 e.